The van der Waals surface area contributed by atoms with E-state index in [1.165, 1.54) is 50.3 Å². The molecule has 0 radical (unpaired) electrons. The van der Waals surface area contributed by atoms with Gasteiger partial charge in [0, 0.05) is 70.8 Å². The van der Waals surface area contributed by atoms with Crippen molar-refractivity contribution in [1.29, 1.82) is 0 Å². The maximum atomic E-state index is 13.1. The van der Waals surface area contributed by atoms with Crippen molar-refractivity contribution in [3.05, 3.63) is 59.8 Å². The fourth-order valence-electron chi connectivity index (χ4n) is 6.25. The van der Waals surface area contributed by atoms with Crippen LogP contribution in [0.1, 0.15) is 35.7 Å². The van der Waals surface area contributed by atoms with Crippen LogP contribution in [0.5, 0.6) is 0 Å². The molecule has 9 heteroatoms. The predicted octanol–water partition coefficient (Wildman–Crippen LogP) is 4.36. The molecule has 2 fully saturated rings. The highest BCUT2D eigenvalue weighted by molar-refractivity contribution is 6.13. The summed E-state index contributed by atoms with van der Waals surface area (Å²) in [5.41, 5.74) is 5.70. The summed E-state index contributed by atoms with van der Waals surface area (Å²) in [6, 6.07) is 15.0. The number of fused-ring (bicyclic) bond motifs is 2. The van der Waals surface area contributed by atoms with E-state index in [4.69, 9.17) is 4.98 Å². The highest BCUT2D eigenvalue weighted by Gasteiger charge is 2.29. The Morgan fingerprint density at radius 1 is 0.900 bits per heavy atom. The maximum Gasteiger partial charge on any atom is 0.260 e. The lowest BCUT2D eigenvalue weighted by atomic mass is 10.0. The van der Waals surface area contributed by atoms with E-state index in [-0.39, 0.29) is 5.91 Å². The number of amides is 1. The number of aromatic nitrogens is 2. The first-order chi connectivity index (χ1) is 19.4. The Hall–Kier alpha value is -3.69. The lowest BCUT2D eigenvalue weighted by Gasteiger charge is -2.42. The third-order valence-corrected chi connectivity index (χ3v) is 8.83. The molecule has 210 valence electrons. The zero-order valence-electron chi connectivity index (χ0n) is 24.1. The number of benzene rings is 2. The summed E-state index contributed by atoms with van der Waals surface area (Å²) in [6.07, 6.45) is 5.09. The van der Waals surface area contributed by atoms with Crippen molar-refractivity contribution in [2.45, 2.75) is 32.2 Å². The van der Waals surface area contributed by atoms with Gasteiger partial charge in [0.15, 0.2) is 5.82 Å². The first-order valence-electron chi connectivity index (χ1n) is 14.5. The fourth-order valence-corrected chi connectivity index (χ4v) is 6.25. The topological polar surface area (TPSA) is 71.1 Å². The van der Waals surface area contributed by atoms with Crippen molar-refractivity contribution < 1.29 is 4.79 Å². The van der Waals surface area contributed by atoms with Crippen LogP contribution in [0.2, 0.25) is 0 Å². The van der Waals surface area contributed by atoms with Crippen LogP contribution in [0.4, 0.5) is 34.5 Å². The molecular formula is C31H40N8O. The van der Waals surface area contributed by atoms with Crippen LogP contribution in [0.15, 0.2) is 48.7 Å². The minimum Gasteiger partial charge on any atom is -0.371 e. The van der Waals surface area contributed by atoms with Crippen molar-refractivity contribution in [2.24, 2.45) is 0 Å². The summed E-state index contributed by atoms with van der Waals surface area (Å²) in [4.78, 5) is 33.8. The van der Waals surface area contributed by atoms with Crippen molar-refractivity contribution in [1.82, 2.24) is 19.8 Å². The predicted molar refractivity (Wildman–Crippen MR) is 163 cm³/mol. The van der Waals surface area contributed by atoms with Gasteiger partial charge in [0.25, 0.3) is 5.91 Å². The molecule has 2 aromatic carbocycles. The van der Waals surface area contributed by atoms with E-state index in [0.29, 0.717) is 29.1 Å². The van der Waals surface area contributed by atoms with Crippen LogP contribution in [0, 0.1) is 0 Å². The van der Waals surface area contributed by atoms with Gasteiger partial charge in [-0.25, -0.2) is 4.98 Å². The highest BCUT2D eigenvalue weighted by atomic mass is 16.2. The van der Waals surface area contributed by atoms with Crippen molar-refractivity contribution in [3.63, 3.8) is 0 Å². The van der Waals surface area contributed by atoms with Crippen LogP contribution in [0.3, 0.4) is 0 Å². The summed E-state index contributed by atoms with van der Waals surface area (Å²) < 4.78 is 0. The lowest BCUT2D eigenvalue weighted by Crippen LogP contribution is -2.52. The summed E-state index contributed by atoms with van der Waals surface area (Å²) >= 11 is 0. The number of aryl methyl sites for hydroxylation is 1. The molecule has 3 aliphatic rings. The van der Waals surface area contributed by atoms with E-state index >= 15 is 0 Å². The number of carbonyl (C=O) groups excluding carboxylic acids is 1. The average molecular weight is 541 g/mol. The van der Waals surface area contributed by atoms with Crippen LogP contribution >= 0.6 is 0 Å². The third kappa shape index (κ3) is 4.99. The van der Waals surface area contributed by atoms with Gasteiger partial charge in [-0.2, -0.15) is 4.98 Å². The minimum absolute atomic E-state index is 0.0677. The molecule has 2 saturated heterocycles. The molecular weight excluding hydrogens is 500 g/mol. The molecule has 40 heavy (non-hydrogen) atoms. The summed E-state index contributed by atoms with van der Waals surface area (Å²) in [7, 11) is 5.94. The maximum absolute atomic E-state index is 13.1. The number of likely N-dealkylation sites (N-methyl/N-ethyl adjacent to an activating group) is 1. The van der Waals surface area contributed by atoms with E-state index in [1.807, 2.05) is 36.2 Å². The molecule has 0 spiro atoms. The molecule has 4 heterocycles. The Bertz CT molecular complexity index is 1380. The van der Waals surface area contributed by atoms with Crippen LogP contribution < -0.4 is 20.0 Å². The molecule has 9 nitrogen and oxygen atoms in total. The number of piperazine rings is 1. The Balaban J connectivity index is 1.18. The molecule has 1 N–H and O–H groups in total. The minimum atomic E-state index is -0.0677. The van der Waals surface area contributed by atoms with Gasteiger partial charge in [-0.05, 0) is 62.2 Å². The van der Waals surface area contributed by atoms with Crippen LogP contribution in [0.25, 0.3) is 0 Å². The van der Waals surface area contributed by atoms with Gasteiger partial charge in [0.2, 0.25) is 5.95 Å². The summed E-state index contributed by atoms with van der Waals surface area (Å²) in [5.74, 6) is 1.14. The Morgan fingerprint density at radius 2 is 1.65 bits per heavy atom. The second-order valence-corrected chi connectivity index (χ2v) is 11.2. The van der Waals surface area contributed by atoms with Gasteiger partial charge in [-0.15, -0.1) is 0 Å². The van der Waals surface area contributed by atoms with Gasteiger partial charge in [-0.3, -0.25) is 9.69 Å². The van der Waals surface area contributed by atoms with E-state index in [1.54, 1.807) is 18.1 Å². The number of anilines is 6. The Kier molecular flexibility index (Phi) is 7.33. The normalized spacial score (nSPS) is 18.9. The number of hydrogen-bond donors (Lipinski definition) is 1. The number of hydrogen-bond acceptors (Lipinski definition) is 8. The third-order valence-electron chi connectivity index (χ3n) is 8.83. The molecule has 3 aromatic rings. The van der Waals surface area contributed by atoms with E-state index < -0.39 is 0 Å². The Labute approximate surface area is 237 Å². The van der Waals surface area contributed by atoms with Crippen molar-refractivity contribution in [3.8, 4) is 0 Å². The number of nitrogens with zero attached hydrogens (tertiary/aromatic N) is 7. The zero-order chi connectivity index (χ0) is 27.8. The second-order valence-electron chi connectivity index (χ2n) is 11.2. The smallest absolute Gasteiger partial charge is 0.260 e. The van der Waals surface area contributed by atoms with Crippen molar-refractivity contribution >= 4 is 40.4 Å². The molecule has 1 amide bonds. The van der Waals surface area contributed by atoms with Gasteiger partial charge in [-0.1, -0.05) is 19.1 Å². The monoisotopic (exact) mass is 540 g/mol. The second kappa shape index (κ2) is 11.1. The standard InChI is InChI=1S/C31H40N8O/c1-5-22-20-24(38-14-12-23(13-15-38)39-18-16-35(2)17-19-39)10-11-26(22)33-31-32-21-28-29(34-31)36(3)27-9-7-6-8-25(27)30(40)37(28)4/h6-11,20-21,23H,5,12-19H2,1-4H3,(H,32,33,34). The number of piperidine rings is 1. The molecule has 6 rings (SSSR count). The number of para-hydroxylation sites is 1. The number of nitrogens with one attached hydrogen (secondary N) is 1. The summed E-state index contributed by atoms with van der Waals surface area (Å²) in [6.45, 7) is 9.14. The molecule has 1 aromatic heterocycles. The molecule has 0 aliphatic carbocycles. The lowest BCUT2D eigenvalue weighted by molar-refractivity contribution is 0.0982. The van der Waals surface area contributed by atoms with Crippen LogP contribution in [-0.2, 0) is 6.42 Å². The molecule has 0 unspecified atom stereocenters. The van der Waals surface area contributed by atoms with E-state index in [9.17, 15) is 4.79 Å². The number of rotatable bonds is 5. The largest absolute Gasteiger partial charge is 0.371 e. The highest BCUT2D eigenvalue weighted by Crippen LogP contribution is 2.38. The van der Waals surface area contributed by atoms with Gasteiger partial charge < -0.3 is 24.9 Å². The number of carbonyl (C=O) groups is 1. The average Bonchev–Trinajstić information content (AvgIpc) is 3.07. The summed E-state index contributed by atoms with van der Waals surface area (Å²) in [5, 5.41) is 3.47. The fraction of sp³-hybridized carbons (Fsp3) is 0.452. The van der Waals surface area contributed by atoms with Crippen LogP contribution in [-0.4, -0.2) is 92.1 Å². The first-order valence-corrected chi connectivity index (χ1v) is 14.5. The van der Waals surface area contributed by atoms with Gasteiger partial charge in [0.1, 0.15) is 5.69 Å². The van der Waals surface area contributed by atoms with Crippen molar-refractivity contribution in [2.75, 3.05) is 80.4 Å². The zero-order valence-corrected chi connectivity index (χ0v) is 24.1. The molecule has 0 bridgehead atoms. The van der Waals surface area contributed by atoms with E-state index in [0.717, 1.165) is 30.9 Å². The molecule has 3 aliphatic heterocycles. The SMILES string of the molecule is CCc1cc(N2CCC(N3CCN(C)CC3)CC2)ccc1Nc1ncc2c(n1)N(C)c1ccccc1C(=O)N2C. The molecule has 0 atom stereocenters. The van der Waals surface area contributed by atoms with Gasteiger partial charge >= 0.3 is 0 Å². The first kappa shape index (κ1) is 26.5. The molecule has 0 saturated carbocycles. The van der Waals surface area contributed by atoms with E-state index in [2.05, 4.69) is 57.2 Å². The van der Waals surface area contributed by atoms with Gasteiger partial charge in [0.05, 0.1) is 17.4 Å². The Morgan fingerprint density at radius 3 is 2.40 bits per heavy atom. The quantitative estimate of drug-likeness (QED) is 0.512.